The molecule has 47 heavy (non-hydrogen) atoms. The summed E-state index contributed by atoms with van der Waals surface area (Å²) in [6.07, 6.45) is 12.8. The fourth-order valence-electron chi connectivity index (χ4n) is 6.97. The van der Waals surface area contributed by atoms with Gasteiger partial charge in [0.1, 0.15) is 23.0 Å². The molecule has 2 N–H and O–H groups in total. The number of hydrogen-bond donors (Lipinski definition) is 2. The van der Waals surface area contributed by atoms with Crippen molar-refractivity contribution in [2.45, 2.75) is 142 Å². The summed E-state index contributed by atoms with van der Waals surface area (Å²) in [6.45, 7) is 28.7. The standard InChI is InChI=1S/C21H34O3.C20H32O3/c1-8-9-13(2)10-14(3)11-15(4)12-16(5)20-17(6)19(22)18(7)21(23)24-20;1-8-12(2)9-13(3)10-14(4)11-15(5)19-16(6)18(21)17(7)20(22)23-19/h12-15,22H,8-11H2,1-7H3;11-14,21H,8-10H2,1-7H3/b16-12+;15-11-. The van der Waals surface area contributed by atoms with Gasteiger partial charge in [-0.15, -0.1) is 0 Å². The van der Waals surface area contributed by atoms with Crippen LogP contribution < -0.4 is 11.3 Å². The van der Waals surface area contributed by atoms with Gasteiger partial charge in [-0.2, -0.15) is 0 Å². The number of aromatic hydroxyl groups is 2. The van der Waals surface area contributed by atoms with E-state index in [0.29, 0.717) is 46.3 Å². The molecule has 6 heteroatoms. The molecule has 2 aromatic heterocycles. The fourth-order valence-corrected chi connectivity index (χ4v) is 6.97. The quantitative estimate of drug-likeness (QED) is 0.198. The van der Waals surface area contributed by atoms with Crippen molar-refractivity contribution in [1.29, 1.82) is 0 Å². The van der Waals surface area contributed by atoms with Crippen LogP contribution in [0.5, 0.6) is 11.5 Å². The zero-order valence-electron chi connectivity index (χ0n) is 32.1. The Bertz CT molecular complexity index is 1460. The topological polar surface area (TPSA) is 101 Å². The third-order valence-corrected chi connectivity index (χ3v) is 9.53. The molecule has 0 radical (unpaired) electrons. The van der Waals surface area contributed by atoms with Gasteiger partial charge in [-0.1, -0.05) is 86.8 Å². The van der Waals surface area contributed by atoms with E-state index in [1.165, 1.54) is 32.1 Å². The average molecular weight is 655 g/mol. The van der Waals surface area contributed by atoms with E-state index in [0.717, 1.165) is 35.8 Å². The number of hydrogen-bond acceptors (Lipinski definition) is 6. The van der Waals surface area contributed by atoms with Gasteiger partial charge in [0.25, 0.3) is 0 Å². The maximum absolute atomic E-state index is 11.8. The van der Waals surface area contributed by atoms with Gasteiger partial charge >= 0.3 is 11.3 Å². The Morgan fingerprint density at radius 1 is 0.596 bits per heavy atom. The number of allylic oxidation sites excluding steroid dienone is 4. The number of rotatable bonds is 15. The maximum Gasteiger partial charge on any atom is 0.342 e. The smallest absolute Gasteiger partial charge is 0.342 e. The summed E-state index contributed by atoms with van der Waals surface area (Å²) < 4.78 is 10.8. The molecule has 6 unspecified atom stereocenters. The van der Waals surface area contributed by atoms with E-state index in [1.807, 2.05) is 13.8 Å². The van der Waals surface area contributed by atoms with Crippen LogP contribution in [0.15, 0.2) is 30.6 Å². The molecule has 0 fully saturated rings. The van der Waals surface area contributed by atoms with Gasteiger partial charge in [-0.05, 0) is 114 Å². The summed E-state index contributed by atoms with van der Waals surface area (Å²) in [5.41, 5.74) is 2.72. The normalized spacial score (nSPS) is 16.1. The second-order valence-electron chi connectivity index (χ2n) is 14.8. The molecule has 0 saturated carbocycles. The van der Waals surface area contributed by atoms with E-state index in [-0.39, 0.29) is 22.6 Å². The van der Waals surface area contributed by atoms with Crippen molar-refractivity contribution in [2.75, 3.05) is 0 Å². The molecular formula is C41H66O6. The van der Waals surface area contributed by atoms with Crippen LogP contribution in [0.25, 0.3) is 11.1 Å². The van der Waals surface area contributed by atoms with Crippen molar-refractivity contribution in [1.82, 2.24) is 0 Å². The summed E-state index contributed by atoms with van der Waals surface area (Å²) >= 11 is 0. The first-order valence-corrected chi connectivity index (χ1v) is 17.9. The summed E-state index contributed by atoms with van der Waals surface area (Å²) in [7, 11) is 0. The molecule has 6 nitrogen and oxygen atoms in total. The lowest BCUT2D eigenvalue weighted by atomic mass is 9.87. The minimum absolute atomic E-state index is 0.0433. The minimum Gasteiger partial charge on any atom is -0.507 e. The highest BCUT2D eigenvalue weighted by atomic mass is 16.4. The van der Waals surface area contributed by atoms with Gasteiger partial charge in [-0.25, -0.2) is 9.59 Å². The van der Waals surface area contributed by atoms with Crippen LogP contribution in [0.4, 0.5) is 0 Å². The highest BCUT2D eigenvalue weighted by molar-refractivity contribution is 5.65. The van der Waals surface area contributed by atoms with Crippen LogP contribution in [0.3, 0.4) is 0 Å². The van der Waals surface area contributed by atoms with Gasteiger partial charge < -0.3 is 19.0 Å². The monoisotopic (exact) mass is 654 g/mol. The van der Waals surface area contributed by atoms with Crippen LogP contribution in [-0.4, -0.2) is 10.2 Å². The molecule has 2 aromatic rings. The maximum atomic E-state index is 11.8. The molecule has 0 aliphatic heterocycles. The van der Waals surface area contributed by atoms with Crippen molar-refractivity contribution >= 4 is 11.1 Å². The highest BCUT2D eigenvalue weighted by Gasteiger charge is 2.18. The van der Waals surface area contributed by atoms with Gasteiger partial charge in [0.2, 0.25) is 0 Å². The highest BCUT2D eigenvalue weighted by Crippen LogP contribution is 2.31. The van der Waals surface area contributed by atoms with Gasteiger partial charge in [-0.3, -0.25) is 0 Å². The molecule has 0 saturated heterocycles. The van der Waals surface area contributed by atoms with Crippen LogP contribution in [0.2, 0.25) is 0 Å². The van der Waals surface area contributed by atoms with Crippen LogP contribution in [0, 0.1) is 63.2 Å². The second-order valence-corrected chi connectivity index (χ2v) is 14.8. The SMILES string of the molecule is CCC(C)CC(C)CC(C)/C=C(/C)c1oc(=O)c(C)c(O)c1C.CCCC(C)CC(C)CC(C)/C=C(\C)c1oc(=O)c(C)c(O)c1C. The Hall–Kier alpha value is -3.02. The molecule has 0 spiro atoms. The molecule has 0 amide bonds. The van der Waals surface area contributed by atoms with E-state index in [1.54, 1.807) is 27.7 Å². The first-order chi connectivity index (χ1) is 21.8. The van der Waals surface area contributed by atoms with E-state index < -0.39 is 11.3 Å². The zero-order chi connectivity index (χ0) is 36.2. The first kappa shape index (κ1) is 42.0. The van der Waals surface area contributed by atoms with E-state index in [9.17, 15) is 19.8 Å². The van der Waals surface area contributed by atoms with Crippen molar-refractivity contribution in [2.24, 2.45) is 35.5 Å². The summed E-state index contributed by atoms with van der Waals surface area (Å²) in [6, 6.07) is 0. The van der Waals surface area contributed by atoms with Crippen LogP contribution in [0.1, 0.15) is 148 Å². The van der Waals surface area contributed by atoms with Gasteiger partial charge in [0, 0.05) is 11.1 Å². The average Bonchev–Trinajstić information content (AvgIpc) is 2.98. The van der Waals surface area contributed by atoms with Crippen molar-refractivity contribution in [3.63, 3.8) is 0 Å². The molecule has 6 atom stereocenters. The molecule has 0 aliphatic rings. The lowest BCUT2D eigenvalue weighted by molar-refractivity contribution is 0.353. The lowest BCUT2D eigenvalue weighted by Crippen LogP contribution is -2.08. The lowest BCUT2D eigenvalue weighted by Gasteiger charge is -2.19. The third kappa shape index (κ3) is 13.2. The zero-order valence-corrected chi connectivity index (χ0v) is 32.1. The van der Waals surface area contributed by atoms with E-state index in [4.69, 9.17) is 8.83 Å². The third-order valence-electron chi connectivity index (χ3n) is 9.53. The fraction of sp³-hybridized carbons (Fsp3) is 0.659. The summed E-state index contributed by atoms with van der Waals surface area (Å²) in [5.74, 6) is 4.78. The predicted octanol–water partition coefficient (Wildman–Crippen LogP) is 11.3. The molecule has 0 aromatic carbocycles. The van der Waals surface area contributed by atoms with Crippen LogP contribution >= 0.6 is 0 Å². The Labute approximate surface area is 285 Å². The molecule has 0 aliphatic carbocycles. The largest absolute Gasteiger partial charge is 0.507 e. The summed E-state index contributed by atoms with van der Waals surface area (Å²) in [5, 5.41) is 20.1. The molecular weight excluding hydrogens is 588 g/mol. The van der Waals surface area contributed by atoms with E-state index >= 15 is 0 Å². The Morgan fingerprint density at radius 2 is 0.957 bits per heavy atom. The Balaban J connectivity index is 0.000000470. The Morgan fingerprint density at radius 3 is 1.30 bits per heavy atom. The minimum atomic E-state index is -0.464. The molecule has 2 rings (SSSR count). The summed E-state index contributed by atoms with van der Waals surface area (Å²) in [4.78, 5) is 23.6. The van der Waals surface area contributed by atoms with E-state index in [2.05, 4.69) is 67.5 Å². The van der Waals surface area contributed by atoms with Crippen molar-refractivity contribution in [3.05, 3.63) is 66.8 Å². The molecule has 2 heterocycles. The molecule has 0 bridgehead atoms. The predicted molar refractivity (Wildman–Crippen MR) is 198 cm³/mol. The second kappa shape index (κ2) is 19.7. The van der Waals surface area contributed by atoms with Crippen LogP contribution in [-0.2, 0) is 0 Å². The first-order valence-electron chi connectivity index (χ1n) is 17.9. The molecule has 266 valence electrons. The van der Waals surface area contributed by atoms with Gasteiger partial charge in [0.15, 0.2) is 0 Å². The van der Waals surface area contributed by atoms with Crippen molar-refractivity contribution in [3.8, 4) is 11.5 Å². The van der Waals surface area contributed by atoms with Crippen molar-refractivity contribution < 1.29 is 19.0 Å². The van der Waals surface area contributed by atoms with Gasteiger partial charge in [0.05, 0.1) is 11.1 Å². The Kier molecular flexibility index (Phi) is 17.6.